The van der Waals surface area contributed by atoms with E-state index in [1.807, 2.05) is 13.0 Å². The highest BCUT2D eigenvalue weighted by atomic mass is 16.6. The van der Waals surface area contributed by atoms with Crippen LogP contribution in [-0.2, 0) is 14.3 Å². The van der Waals surface area contributed by atoms with Gasteiger partial charge in [0.05, 0.1) is 12.8 Å². The highest BCUT2D eigenvalue weighted by Gasteiger charge is 2.19. The number of esters is 2. The monoisotopic (exact) mass is 210 g/mol. The molecule has 0 saturated carbocycles. The molecule has 1 saturated heterocycles. The first kappa shape index (κ1) is 13.6. The van der Waals surface area contributed by atoms with E-state index >= 15 is 0 Å². The number of carbonyl (C=O) groups is 2. The first-order valence-electron chi connectivity index (χ1n) is 5.16. The summed E-state index contributed by atoms with van der Waals surface area (Å²) in [5, 5.41) is 0. The molecule has 0 N–H and O–H groups in total. The van der Waals surface area contributed by atoms with Crippen molar-refractivity contribution in [2.45, 2.75) is 39.0 Å². The van der Waals surface area contributed by atoms with E-state index in [1.165, 1.54) is 12.8 Å². The van der Waals surface area contributed by atoms with Crippen molar-refractivity contribution in [3.8, 4) is 0 Å². The summed E-state index contributed by atoms with van der Waals surface area (Å²) in [5.41, 5.74) is 0. The lowest BCUT2D eigenvalue weighted by Gasteiger charge is -1.85. The number of unbranched alkanes of at least 4 members (excludes halogenated alkanes) is 2. The lowest BCUT2D eigenvalue weighted by Crippen LogP contribution is -1.94. The summed E-state index contributed by atoms with van der Waals surface area (Å²) in [6.07, 6.45) is 10.3. The van der Waals surface area contributed by atoms with Crippen LogP contribution in [0.25, 0.3) is 0 Å². The maximum atomic E-state index is 10.0. The second-order valence-corrected chi connectivity index (χ2v) is 3.13. The smallest absolute Gasteiger partial charge is 0.314 e. The van der Waals surface area contributed by atoms with Crippen LogP contribution in [-0.4, -0.2) is 11.9 Å². The molecule has 15 heavy (non-hydrogen) atoms. The van der Waals surface area contributed by atoms with Gasteiger partial charge in [-0.2, -0.15) is 0 Å². The zero-order valence-corrected chi connectivity index (χ0v) is 9.20. The minimum Gasteiger partial charge on any atom is -0.393 e. The Morgan fingerprint density at radius 2 is 1.87 bits per heavy atom. The van der Waals surface area contributed by atoms with E-state index in [-0.39, 0.29) is 12.8 Å². The molecule has 0 atom stereocenters. The van der Waals surface area contributed by atoms with Gasteiger partial charge in [-0.25, -0.2) is 0 Å². The fourth-order valence-corrected chi connectivity index (χ4v) is 0.980. The normalized spacial score (nSPS) is 14.7. The van der Waals surface area contributed by atoms with Gasteiger partial charge in [0.15, 0.2) is 0 Å². The molecule has 0 bridgehead atoms. The second kappa shape index (κ2) is 9.19. The van der Waals surface area contributed by atoms with Crippen LogP contribution in [0.15, 0.2) is 24.8 Å². The summed E-state index contributed by atoms with van der Waals surface area (Å²) in [6.45, 7) is 5.68. The Kier molecular flexibility index (Phi) is 8.34. The SMILES string of the molecule is C=CCCCC=CC.O=C1CCC(=O)O1. The molecule has 1 aliphatic heterocycles. The van der Waals surface area contributed by atoms with Crippen molar-refractivity contribution in [2.24, 2.45) is 0 Å². The Hall–Kier alpha value is -1.38. The molecule has 0 aromatic carbocycles. The third-order valence-electron chi connectivity index (χ3n) is 1.78. The van der Waals surface area contributed by atoms with Gasteiger partial charge in [0.25, 0.3) is 0 Å². The van der Waals surface area contributed by atoms with Gasteiger partial charge in [0, 0.05) is 0 Å². The van der Waals surface area contributed by atoms with Gasteiger partial charge >= 0.3 is 11.9 Å². The molecule has 1 heterocycles. The van der Waals surface area contributed by atoms with Gasteiger partial charge in [0.2, 0.25) is 0 Å². The standard InChI is InChI=1S/C8H14.C4H4O3/c1-3-5-7-8-6-4-2;5-3-1-2-4(6)7-3/h3-4,6H,1,5,7-8H2,2H3;1-2H2. The maximum absolute atomic E-state index is 10.0. The number of cyclic esters (lactones) is 2. The Bertz CT molecular complexity index is 227. The average Bonchev–Trinajstić information content (AvgIpc) is 2.58. The summed E-state index contributed by atoms with van der Waals surface area (Å²) >= 11 is 0. The summed E-state index contributed by atoms with van der Waals surface area (Å²) in [5.74, 6) is -0.796. The maximum Gasteiger partial charge on any atom is 0.314 e. The van der Waals surface area contributed by atoms with Crippen molar-refractivity contribution in [3.05, 3.63) is 24.8 Å². The lowest BCUT2D eigenvalue weighted by molar-refractivity contribution is -0.151. The van der Waals surface area contributed by atoms with Crippen LogP contribution in [0.5, 0.6) is 0 Å². The Morgan fingerprint density at radius 1 is 1.27 bits per heavy atom. The number of rotatable bonds is 4. The summed E-state index contributed by atoms with van der Waals surface area (Å²) < 4.78 is 4.08. The molecule has 1 rings (SSSR count). The number of hydrogen-bond donors (Lipinski definition) is 0. The van der Waals surface area contributed by atoms with Crippen LogP contribution in [0.2, 0.25) is 0 Å². The lowest BCUT2D eigenvalue weighted by atomic mass is 10.2. The third kappa shape index (κ3) is 8.94. The van der Waals surface area contributed by atoms with E-state index in [9.17, 15) is 9.59 Å². The van der Waals surface area contributed by atoms with Crippen LogP contribution < -0.4 is 0 Å². The van der Waals surface area contributed by atoms with Crippen molar-refractivity contribution in [2.75, 3.05) is 0 Å². The predicted molar refractivity (Wildman–Crippen MR) is 59.2 cm³/mol. The molecule has 3 heteroatoms. The van der Waals surface area contributed by atoms with E-state index in [2.05, 4.69) is 23.5 Å². The van der Waals surface area contributed by atoms with Crippen LogP contribution in [0.1, 0.15) is 39.0 Å². The molecule has 0 aromatic heterocycles. The molecule has 1 fully saturated rings. The zero-order valence-electron chi connectivity index (χ0n) is 9.20. The van der Waals surface area contributed by atoms with Crippen LogP contribution in [0.4, 0.5) is 0 Å². The molecular formula is C12H18O3. The van der Waals surface area contributed by atoms with Gasteiger partial charge in [-0.05, 0) is 26.2 Å². The largest absolute Gasteiger partial charge is 0.393 e. The molecule has 1 aliphatic rings. The topological polar surface area (TPSA) is 43.4 Å². The quantitative estimate of drug-likeness (QED) is 0.310. The fourth-order valence-electron chi connectivity index (χ4n) is 0.980. The number of hydrogen-bond acceptors (Lipinski definition) is 3. The first-order chi connectivity index (χ1) is 7.20. The van der Waals surface area contributed by atoms with Crippen LogP contribution in [0, 0.1) is 0 Å². The number of ether oxygens (including phenoxy) is 1. The Balaban J connectivity index is 0.000000262. The Morgan fingerprint density at radius 3 is 2.20 bits per heavy atom. The highest BCUT2D eigenvalue weighted by molar-refractivity contribution is 5.92. The van der Waals surface area contributed by atoms with Gasteiger partial charge in [-0.3, -0.25) is 9.59 Å². The fraction of sp³-hybridized carbons (Fsp3) is 0.500. The zero-order chi connectivity index (χ0) is 11.5. The highest BCUT2D eigenvalue weighted by Crippen LogP contribution is 2.03. The second-order valence-electron chi connectivity index (χ2n) is 3.13. The molecule has 84 valence electrons. The van der Waals surface area contributed by atoms with Crippen molar-refractivity contribution in [1.82, 2.24) is 0 Å². The molecule has 0 amide bonds. The molecule has 3 nitrogen and oxygen atoms in total. The molecule has 0 radical (unpaired) electrons. The van der Waals surface area contributed by atoms with Crippen LogP contribution >= 0.6 is 0 Å². The van der Waals surface area contributed by atoms with Crippen molar-refractivity contribution in [3.63, 3.8) is 0 Å². The molecule has 0 unspecified atom stereocenters. The summed E-state index contributed by atoms with van der Waals surface area (Å²) in [4.78, 5) is 20.0. The van der Waals surface area contributed by atoms with Crippen molar-refractivity contribution in [1.29, 1.82) is 0 Å². The van der Waals surface area contributed by atoms with E-state index in [4.69, 9.17) is 0 Å². The Labute approximate surface area is 90.8 Å². The number of carbonyl (C=O) groups excluding carboxylic acids is 2. The van der Waals surface area contributed by atoms with Crippen LogP contribution in [0.3, 0.4) is 0 Å². The van der Waals surface area contributed by atoms with E-state index < -0.39 is 11.9 Å². The third-order valence-corrected chi connectivity index (χ3v) is 1.78. The molecule has 0 spiro atoms. The number of allylic oxidation sites excluding steroid dienone is 3. The summed E-state index contributed by atoms with van der Waals surface area (Å²) in [6, 6.07) is 0. The average molecular weight is 210 g/mol. The molecular weight excluding hydrogens is 192 g/mol. The summed E-state index contributed by atoms with van der Waals surface area (Å²) in [7, 11) is 0. The van der Waals surface area contributed by atoms with E-state index in [0.29, 0.717) is 0 Å². The van der Waals surface area contributed by atoms with E-state index in [0.717, 1.165) is 6.42 Å². The first-order valence-corrected chi connectivity index (χ1v) is 5.16. The van der Waals surface area contributed by atoms with Gasteiger partial charge in [0.1, 0.15) is 0 Å². The predicted octanol–water partition coefficient (Wildman–Crippen LogP) is 2.77. The van der Waals surface area contributed by atoms with Gasteiger partial charge in [-0.1, -0.05) is 18.2 Å². The minimum absolute atomic E-state index is 0.263. The van der Waals surface area contributed by atoms with E-state index in [1.54, 1.807) is 0 Å². The molecule has 0 aliphatic carbocycles. The van der Waals surface area contributed by atoms with Gasteiger partial charge < -0.3 is 4.74 Å². The van der Waals surface area contributed by atoms with Gasteiger partial charge in [-0.15, -0.1) is 6.58 Å². The molecule has 0 aromatic rings. The van der Waals surface area contributed by atoms with Crippen molar-refractivity contribution >= 4 is 11.9 Å². The van der Waals surface area contributed by atoms with Crippen molar-refractivity contribution < 1.29 is 14.3 Å². The minimum atomic E-state index is -0.398.